The van der Waals surface area contributed by atoms with Gasteiger partial charge in [-0.3, -0.25) is 0 Å². The zero-order valence-corrected chi connectivity index (χ0v) is 17.4. The third-order valence-electron chi connectivity index (χ3n) is 3.74. The molecule has 0 fully saturated rings. The highest BCUT2D eigenvalue weighted by atomic mass is 19.1. The van der Waals surface area contributed by atoms with Crippen molar-refractivity contribution in [1.29, 1.82) is 0 Å². The summed E-state index contributed by atoms with van der Waals surface area (Å²) in [5.41, 5.74) is 0.437. The molecular weight excluding hydrogens is 422 g/mol. The van der Waals surface area contributed by atoms with Crippen molar-refractivity contribution in [1.82, 2.24) is 0 Å². The monoisotopic (exact) mass is 442 g/mol. The van der Waals surface area contributed by atoms with E-state index in [1.165, 1.54) is 38.1 Å². The number of hydrogen-bond donors (Lipinski definition) is 0. The maximum atomic E-state index is 14.5. The Labute approximate surface area is 183 Å². The van der Waals surface area contributed by atoms with Gasteiger partial charge in [0.15, 0.2) is 0 Å². The summed E-state index contributed by atoms with van der Waals surface area (Å²) in [6.07, 6.45) is 4.11. The highest BCUT2D eigenvalue weighted by molar-refractivity contribution is 5.87. The Morgan fingerprint density at radius 3 is 1.41 bits per heavy atom. The van der Waals surface area contributed by atoms with Crippen molar-refractivity contribution in [2.75, 3.05) is 0 Å². The van der Waals surface area contributed by atoms with E-state index in [-0.39, 0.29) is 33.8 Å². The molecule has 0 unspecified atom stereocenters. The average molecular weight is 442 g/mol. The summed E-state index contributed by atoms with van der Waals surface area (Å²) < 4.78 is 48.7. The van der Waals surface area contributed by atoms with Crippen LogP contribution in [0.3, 0.4) is 0 Å². The molecule has 0 aliphatic carbocycles. The minimum absolute atomic E-state index is 0.00465. The maximum Gasteiger partial charge on any atom is 0.338 e. The predicted molar refractivity (Wildman–Crippen MR) is 113 cm³/mol. The Morgan fingerprint density at radius 1 is 0.719 bits per heavy atom. The summed E-state index contributed by atoms with van der Waals surface area (Å²) in [5.74, 6) is -2.48. The van der Waals surface area contributed by atoms with Gasteiger partial charge in [0.25, 0.3) is 0 Å². The largest absolute Gasteiger partial charge is 0.462 e. The fourth-order valence-corrected chi connectivity index (χ4v) is 2.17. The minimum Gasteiger partial charge on any atom is -0.462 e. The summed E-state index contributed by atoms with van der Waals surface area (Å²) in [5, 5.41) is 0. The van der Waals surface area contributed by atoms with Crippen LogP contribution in [0.25, 0.3) is 11.1 Å². The molecule has 0 saturated heterocycles. The van der Waals surface area contributed by atoms with E-state index in [1.807, 2.05) is 0 Å². The zero-order valence-electron chi connectivity index (χ0n) is 17.4. The lowest BCUT2D eigenvalue weighted by Gasteiger charge is -2.08. The molecule has 0 amide bonds. The first-order valence-electron chi connectivity index (χ1n) is 9.15. The number of carbonyl (C=O) groups is 2. The lowest BCUT2D eigenvalue weighted by atomic mass is 10.0. The van der Waals surface area contributed by atoms with Crippen LogP contribution in [-0.2, 0) is 19.1 Å². The van der Waals surface area contributed by atoms with E-state index < -0.39 is 23.6 Å². The molecule has 2 aromatic carbocycles. The van der Waals surface area contributed by atoms with Crippen LogP contribution in [-0.4, -0.2) is 11.9 Å². The lowest BCUT2D eigenvalue weighted by Crippen LogP contribution is -1.99. The van der Waals surface area contributed by atoms with Gasteiger partial charge < -0.3 is 18.9 Å². The number of halogens is 2. The molecule has 0 aliphatic heterocycles. The van der Waals surface area contributed by atoms with Gasteiger partial charge in [-0.2, -0.15) is 0 Å². The van der Waals surface area contributed by atoms with Crippen molar-refractivity contribution in [3.63, 3.8) is 0 Å². The van der Waals surface area contributed by atoms with Gasteiger partial charge in [0.1, 0.15) is 48.2 Å². The van der Waals surface area contributed by atoms with Gasteiger partial charge in [-0.25, -0.2) is 18.4 Å². The molecule has 2 rings (SSSR count). The second-order valence-electron chi connectivity index (χ2n) is 6.43. The average Bonchev–Trinajstić information content (AvgIpc) is 2.74. The van der Waals surface area contributed by atoms with Crippen LogP contribution in [0.5, 0.6) is 11.5 Å². The van der Waals surface area contributed by atoms with Gasteiger partial charge in [-0.05, 0) is 38.1 Å². The first kappa shape index (κ1) is 24.1. The summed E-state index contributed by atoms with van der Waals surface area (Å²) in [6, 6.07) is 7.64. The Hall–Kier alpha value is -4.20. The molecule has 2 aromatic rings. The van der Waals surface area contributed by atoms with Crippen LogP contribution in [0.2, 0.25) is 0 Å². The summed E-state index contributed by atoms with van der Waals surface area (Å²) in [6.45, 7) is 9.82. The topological polar surface area (TPSA) is 71.1 Å². The van der Waals surface area contributed by atoms with Crippen molar-refractivity contribution >= 4 is 11.9 Å². The molecule has 0 aliphatic rings. The molecule has 0 N–H and O–H groups in total. The second kappa shape index (κ2) is 11.3. The smallest absolute Gasteiger partial charge is 0.338 e. The number of hydrogen-bond acceptors (Lipinski definition) is 6. The summed E-state index contributed by atoms with van der Waals surface area (Å²) in [4.78, 5) is 22.5. The molecule has 8 heteroatoms. The van der Waals surface area contributed by atoms with Crippen LogP contribution in [0.1, 0.15) is 13.8 Å². The molecule has 0 aromatic heterocycles. The molecule has 0 spiro atoms. The van der Waals surface area contributed by atoms with Crippen molar-refractivity contribution < 1.29 is 37.3 Å². The number of ether oxygens (including phenoxy) is 4. The van der Waals surface area contributed by atoms with Crippen molar-refractivity contribution in [2.45, 2.75) is 13.8 Å². The highest BCUT2D eigenvalue weighted by Crippen LogP contribution is 2.30. The number of rotatable bonds is 9. The molecule has 166 valence electrons. The van der Waals surface area contributed by atoms with Gasteiger partial charge in [-0.15, -0.1) is 0 Å². The number of esters is 2. The molecule has 6 nitrogen and oxygen atoms in total. The fraction of sp³-hybridized carbons (Fsp3) is 0.0833. The van der Waals surface area contributed by atoms with Gasteiger partial charge in [0.05, 0.1) is 0 Å². The Balaban J connectivity index is 2.03. The highest BCUT2D eigenvalue weighted by Gasteiger charge is 2.12. The Kier molecular flexibility index (Phi) is 8.47. The van der Waals surface area contributed by atoms with Gasteiger partial charge in [-0.1, -0.05) is 13.2 Å². The molecular formula is C24H20F2O6. The minimum atomic E-state index is -0.728. The van der Waals surface area contributed by atoms with E-state index >= 15 is 0 Å². The van der Waals surface area contributed by atoms with E-state index in [0.717, 1.165) is 37.2 Å². The first-order chi connectivity index (χ1) is 15.2. The normalized spacial score (nSPS) is 10.8. The molecule has 0 saturated carbocycles. The molecule has 32 heavy (non-hydrogen) atoms. The quantitative estimate of drug-likeness (QED) is 0.287. The van der Waals surface area contributed by atoms with Crippen LogP contribution >= 0.6 is 0 Å². The Morgan fingerprint density at radius 2 is 1.09 bits per heavy atom. The standard InChI is InChI=1S/C24H20F2O6/c1-15(2)23(27)31-11-9-29-17-5-7-19(21(25)13-17)20-8-6-18(14-22(20)26)30-10-12-32-24(28)16(3)4/h5-14H,1,3H2,2,4H3. The van der Waals surface area contributed by atoms with E-state index in [2.05, 4.69) is 13.2 Å². The molecule has 0 heterocycles. The first-order valence-corrected chi connectivity index (χ1v) is 9.15. The van der Waals surface area contributed by atoms with Crippen LogP contribution in [0, 0.1) is 11.6 Å². The molecule has 0 atom stereocenters. The number of benzene rings is 2. The van der Waals surface area contributed by atoms with Gasteiger partial charge in [0, 0.05) is 34.4 Å². The SMILES string of the molecule is C=C(C)C(=O)OC=COc1ccc(-c2ccc(OC=COC(=O)C(=C)C)cc2F)c(F)c1. The molecule has 0 radical (unpaired) electrons. The Bertz CT molecular complexity index is 1010. The third kappa shape index (κ3) is 6.94. The summed E-state index contributed by atoms with van der Waals surface area (Å²) in [7, 11) is 0. The molecule has 0 bridgehead atoms. The van der Waals surface area contributed by atoms with Crippen molar-refractivity contribution in [3.8, 4) is 22.6 Å². The third-order valence-corrected chi connectivity index (χ3v) is 3.74. The lowest BCUT2D eigenvalue weighted by molar-refractivity contribution is -0.134. The van der Waals surface area contributed by atoms with Crippen LogP contribution in [0.15, 0.2) is 85.8 Å². The van der Waals surface area contributed by atoms with E-state index in [1.54, 1.807) is 0 Å². The van der Waals surface area contributed by atoms with Gasteiger partial charge in [0.2, 0.25) is 0 Å². The maximum absolute atomic E-state index is 14.5. The van der Waals surface area contributed by atoms with Crippen LogP contribution in [0.4, 0.5) is 8.78 Å². The van der Waals surface area contributed by atoms with E-state index in [0.29, 0.717) is 0 Å². The fourth-order valence-electron chi connectivity index (χ4n) is 2.17. The predicted octanol–water partition coefficient (Wildman–Crippen LogP) is 5.57. The van der Waals surface area contributed by atoms with E-state index in [4.69, 9.17) is 18.9 Å². The van der Waals surface area contributed by atoms with Crippen LogP contribution < -0.4 is 9.47 Å². The second-order valence-corrected chi connectivity index (χ2v) is 6.43. The van der Waals surface area contributed by atoms with Gasteiger partial charge >= 0.3 is 11.9 Å². The number of carbonyl (C=O) groups excluding carboxylic acids is 2. The zero-order chi connectivity index (χ0) is 23.7. The van der Waals surface area contributed by atoms with Crippen molar-refractivity contribution in [3.05, 3.63) is 97.4 Å². The van der Waals surface area contributed by atoms with Crippen molar-refractivity contribution in [2.24, 2.45) is 0 Å². The summed E-state index contributed by atoms with van der Waals surface area (Å²) >= 11 is 0. The van der Waals surface area contributed by atoms with E-state index in [9.17, 15) is 18.4 Å².